The zero-order valence-corrected chi connectivity index (χ0v) is 14.5. The van der Waals surface area contributed by atoms with Gasteiger partial charge in [-0.2, -0.15) is 0 Å². The topological polar surface area (TPSA) is 72.8 Å². The second kappa shape index (κ2) is 5.84. The van der Waals surface area contributed by atoms with E-state index in [4.69, 9.17) is 9.47 Å². The average Bonchev–Trinajstić information content (AvgIpc) is 2.50. The molecule has 1 aromatic rings. The molecule has 0 spiro atoms. The Kier molecular flexibility index (Phi) is 3.87. The first kappa shape index (κ1) is 16.6. The minimum absolute atomic E-state index is 0.00860. The van der Waals surface area contributed by atoms with Gasteiger partial charge in [-0.1, -0.05) is 0 Å². The van der Waals surface area contributed by atoms with Gasteiger partial charge in [0, 0.05) is 12.0 Å². The highest BCUT2D eigenvalue weighted by Crippen LogP contribution is 2.58. The van der Waals surface area contributed by atoms with Gasteiger partial charge in [0.05, 0.1) is 5.60 Å². The van der Waals surface area contributed by atoms with Crippen LogP contribution in [0.3, 0.4) is 0 Å². The van der Waals surface area contributed by atoms with Crippen LogP contribution >= 0.6 is 0 Å². The monoisotopic (exact) mass is 344 g/mol. The lowest BCUT2D eigenvalue weighted by atomic mass is 9.52. The predicted molar refractivity (Wildman–Crippen MR) is 90.4 cm³/mol. The Balaban J connectivity index is 1.35. The minimum Gasteiger partial charge on any atom is -0.482 e. The molecular weight excluding hydrogens is 320 g/mol. The van der Waals surface area contributed by atoms with Gasteiger partial charge in [0.25, 0.3) is 0 Å². The molecule has 5 rings (SSSR count). The van der Waals surface area contributed by atoms with Crippen LogP contribution in [0.25, 0.3) is 0 Å². The predicted octanol–water partition coefficient (Wildman–Crippen LogP) is 2.89. The number of ether oxygens (including phenoxy) is 2. The molecule has 1 aromatic carbocycles. The van der Waals surface area contributed by atoms with Crippen molar-refractivity contribution in [1.29, 1.82) is 0 Å². The van der Waals surface area contributed by atoms with E-state index in [1.54, 1.807) is 24.3 Å². The third kappa shape index (κ3) is 3.30. The zero-order chi connectivity index (χ0) is 17.7. The Labute approximate surface area is 147 Å². The number of ketones is 1. The van der Waals surface area contributed by atoms with E-state index in [1.807, 2.05) is 0 Å². The molecule has 0 heterocycles. The van der Waals surface area contributed by atoms with Crippen LogP contribution in [0.1, 0.15) is 55.8 Å². The molecule has 134 valence electrons. The van der Waals surface area contributed by atoms with Crippen LogP contribution in [0.2, 0.25) is 0 Å². The maximum atomic E-state index is 12.3. The number of benzene rings is 1. The van der Waals surface area contributed by atoms with Crippen LogP contribution in [0.5, 0.6) is 5.75 Å². The second-order valence-electron chi connectivity index (χ2n) is 8.21. The number of rotatable bonds is 5. The quantitative estimate of drug-likeness (QED) is 0.657. The van der Waals surface area contributed by atoms with Crippen molar-refractivity contribution in [2.24, 2.45) is 11.8 Å². The number of carbonyl (C=O) groups is 2. The first-order valence-corrected chi connectivity index (χ1v) is 9.03. The number of aliphatic hydroxyl groups is 1. The maximum absolute atomic E-state index is 12.3. The summed E-state index contributed by atoms with van der Waals surface area (Å²) in [7, 11) is 0. The summed E-state index contributed by atoms with van der Waals surface area (Å²) in [6.45, 7) is 1.35. The normalized spacial score (nSPS) is 35.4. The molecule has 0 aliphatic heterocycles. The largest absolute Gasteiger partial charge is 0.482 e. The van der Waals surface area contributed by atoms with Crippen LogP contribution in [-0.2, 0) is 9.53 Å². The van der Waals surface area contributed by atoms with Crippen molar-refractivity contribution in [3.05, 3.63) is 29.8 Å². The molecule has 4 saturated carbocycles. The van der Waals surface area contributed by atoms with E-state index >= 15 is 0 Å². The molecule has 5 nitrogen and oxygen atoms in total. The van der Waals surface area contributed by atoms with Gasteiger partial charge >= 0.3 is 5.97 Å². The summed E-state index contributed by atoms with van der Waals surface area (Å²) in [6.07, 6.45) is 5.14. The molecule has 0 amide bonds. The molecule has 25 heavy (non-hydrogen) atoms. The zero-order valence-electron chi connectivity index (χ0n) is 14.5. The summed E-state index contributed by atoms with van der Waals surface area (Å²) in [5.41, 5.74) is -0.539. The Bertz CT molecular complexity index is 679. The maximum Gasteiger partial charge on any atom is 0.344 e. The SMILES string of the molecule is CC(=O)c1ccc(OCC(=O)OC23CC4CC(CC(O)(C4)C2)C3)cc1. The Morgan fingerprint density at radius 1 is 1.12 bits per heavy atom. The fourth-order valence-electron chi connectivity index (χ4n) is 5.45. The molecule has 0 radical (unpaired) electrons. The highest BCUT2D eigenvalue weighted by atomic mass is 16.6. The lowest BCUT2D eigenvalue weighted by Crippen LogP contribution is -2.60. The highest BCUT2D eigenvalue weighted by Gasteiger charge is 2.59. The van der Waals surface area contributed by atoms with Gasteiger partial charge in [-0.3, -0.25) is 4.79 Å². The lowest BCUT2D eigenvalue weighted by molar-refractivity contribution is -0.220. The van der Waals surface area contributed by atoms with Crippen LogP contribution < -0.4 is 4.74 Å². The molecule has 0 saturated heterocycles. The average molecular weight is 344 g/mol. The molecule has 2 unspecified atom stereocenters. The van der Waals surface area contributed by atoms with E-state index in [1.165, 1.54) is 6.92 Å². The fourth-order valence-corrected chi connectivity index (χ4v) is 5.45. The molecule has 5 heteroatoms. The molecule has 0 aromatic heterocycles. The molecular formula is C20H24O5. The van der Waals surface area contributed by atoms with Gasteiger partial charge in [0.15, 0.2) is 12.4 Å². The summed E-state index contributed by atoms with van der Waals surface area (Å²) in [4.78, 5) is 23.6. The summed E-state index contributed by atoms with van der Waals surface area (Å²) < 4.78 is 11.3. The Hall–Kier alpha value is -1.88. The third-order valence-corrected chi connectivity index (χ3v) is 5.92. The van der Waals surface area contributed by atoms with Gasteiger partial charge in [0.1, 0.15) is 11.4 Å². The fraction of sp³-hybridized carbons (Fsp3) is 0.600. The van der Waals surface area contributed by atoms with Crippen molar-refractivity contribution < 1.29 is 24.2 Å². The van der Waals surface area contributed by atoms with Crippen LogP contribution in [-0.4, -0.2) is 34.7 Å². The van der Waals surface area contributed by atoms with Gasteiger partial charge in [-0.05, 0) is 75.1 Å². The first-order valence-electron chi connectivity index (χ1n) is 9.03. The van der Waals surface area contributed by atoms with E-state index in [2.05, 4.69) is 0 Å². The van der Waals surface area contributed by atoms with Crippen molar-refractivity contribution in [2.75, 3.05) is 6.61 Å². The lowest BCUT2D eigenvalue weighted by Gasteiger charge is -2.59. The number of Topliss-reactive ketones (excluding diaryl/α,β-unsaturated/α-hetero) is 1. The van der Waals surface area contributed by atoms with E-state index in [0.29, 0.717) is 29.6 Å². The van der Waals surface area contributed by atoms with E-state index < -0.39 is 11.2 Å². The summed E-state index contributed by atoms with van der Waals surface area (Å²) in [5.74, 6) is 1.08. The minimum atomic E-state index is -0.645. The van der Waals surface area contributed by atoms with E-state index in [0.717, 1.165) is 32.1 Å². The van der Waals surface area contributed by atoms with Crippen LogP contribution in [0.15, 0.2) is 24.3 Å². The number of hydrogen-bond acceptors (Lipinski definition) is 5. The molecule has 4 fully saturated rings. The van der Waals surface area contributed by atoms with Gasteiger partial charge in [0.2, 0.25) is 0 Å². The van der Waals surface area contributed by atoms with Crippen molar-refractivity contribution in [1.82, 2.24) is 0 Å². The summed E-state index contributed by atoms with van der Waals surface area (Å²) in [6, 6.07) is 6.71. The second-order valence-corrected chi connectivity index (χ2v) is 8.21. The molecule has 4 aliphatic rings. The summed E-state index contributed by atoms with van der Waals surface area (Å²) in [5, 5.41) is 10.7. The smallest absolute Gasteiger partial charge is 0.344 e. The molecule has 4 bridgehead atoms. The third-order valence-electron chi connectivity index (χ3n) is 5.92. The van der Waals surface area contributed by atoms with Crippen LogP contribution in [0.4, 0.5) is 0 Å². The van der Waals surface area contributed by atoms with Crippen molar-refractivity contribution in [3.8, 4) is 5.75 Å². The van der Waals surface area contributed by atoms with Crippen LogP contribution in [0, 0.1) is 11.8 Å². The van der Waals surface area contributed by atoms with Crippen molar-refractivity contribution in [3.63, 3.8) is 0 Å². The van der Waals surface area contributed by atoms with Gasteiger partial charge in [-0.25, -0.2) is 4.79 Å². The summed E-state index contributed by atoms with van der Waals surface area (Å²) >= 11 is 0. The van der Waals surface area contributed by atoms with E-state index in [9.17, 15) is 14.7 Å². The van der Waals surface area contributed by atoms with Crippen molar-refractivity contribution >= 4 is 11.8 Å². The standard InChI is InChI=1S/C20H24O5/c1-13(21)16-2-4-17(5-3-16)24-11-18(22)25-20-9-14-6-15(10-20)8-19(23,7-14)12-20/h2-5,14-15,23H,6-12H2,1H3. The molecule has 4 aliphatic carbocycles. The van der Waals surface area contributed by atoms with Gasteiger partial charge < -0.3 is 14.6 Å². The highest BCUT2D eigenvalue weighted by molar-refractivity contribution is 5.94. The number of esters is 1. The Morgan fingerprint density at radius 3 is 2.32 bits per heavy atom. The Morgan fingerprint density at radius 2 is 1.76 bits per heavy atom. The molecule has 2 atom stereocenters. The first-order chi connectivity index (χ1) is 11.8. The number of hydrogen-bond donors (Lipinski definition) is 1. The van der Waals surface area contributed by atoms with Gasteiger partial charge in [-0.15, -0.1) is 0 Å². The van der Waals surface area contributed by atoms with Crippen molar-refractivity contribution in [2.45, 2.75) is 56.7 Å². The molecule has 1 N–H and O–H groups in total. The van der Waals surface area contributed by atoms with E-state index in [-0.39, 0.29) is 18.4 Å². The number of carbonyl (C=O) groups excluding carboxylic acids is 2.